The van der Waals surface area contributed by atoms with E-state index in [1.807, 2.05) is 0 Å². The van der Waals surface area contributed by atoms with Crippen LogP contribution in [0.15, 0.2) is 0 Å². The molecule has 1 unspecified atom stereocenters. The molecule has 1 saturated heterocycles. The summed E-state index contributed by atoms with van der Waals surface area (Å²) in [5.74, 6) is 0. The van der Waals surface area contributed by atoms with Gasteiger partial charge in [-0.05, 0) is 6.54 Å². The van der Waals surface area contributed by atoms with Crippen LogP contribution in [0, 0.1) is 0 Å². The van der Waals surface area contributed by atoms with Crippen LogP contribution >= 0.6 is 11.6 Å². The van der Waals surface area contributed by atoms with Gasteiger partial charge in [-0.3, -0.25) is 4.90 Å². The lowest BCUT2D eigenvalue weighted by molar-refractivity contribution is 0.0248. The molecule has 1 rings (SSSR count). The minimum absolute atomic E-state index is 0.101. The minimum Gasteiger partial charge on any atom is -0.377 e. The third-order valence-electron chi connectivity index (χ3n) is 1.58. The van der Waals surface area contributed by atoms with Gasteiger partial charge in [0.2, 0.25) is 0 Å². The summed E-state index contributed by atoms with van der Waals surface area (Å²) in [6, 6.07) is 0. The molecule has 0 saturated carbocycles. The van der Waals surface area contributed by atoms with Gasteiger partial charge in [-0.2, -0.15) is 0 Å². The number of likely N-dealkylation sites (N-methyl/N-ethyl adjacent to an activating group) is 1. The minimum atomic E-state index is 0.101. The number of rotatable bonds is 1. The molecule has 9 heavy (non-hydrogen) atoms. The van der Waals surface area contributed by atoms with E-state index < -0.39 is 0 Å². The Balaban J connectivity index is 2.30. The molecule has 0 aromatic rings. The van der Waals surface area contributed by atoms with Gasteiger partial charge < -0.3 is 4.74 Å². The van der Waals surface area contributed by atoms with E-state index in [9.17, 15) is 0 Å². The number of halogens is 1. The molecule has 1 atom stereocenters. The van der Waals surface area contributed by atoms with Crippen molar-refractivity contribution in [1.82, 2.24) is 4.90 Å². The molecule has 54 valence electrons. The van der Waals surface area contributed by atoms with Gasteiger partial charge in [0.15, 0.2) is 0 Å². The van der Waals surface area contributed by atoms with E-state index in [1.165, 1.54) is 0 Å². The Labute approximate surface area is 60.7 Å². The average molecular weight is 150 g/mol. The van der Waals surface area contributed by atoms with E-state index in [0.717, 1.165) is 19.7 Å². The van der Waals surface area contributed by atoms with Crippen LogP contribution in [0.1, 0.15) is 6.92 Å². The molecule has 0 aromatic heterocycles. The molecule has 1 fully saturated rings. The highest BCUT2D eigenvalue weighted by Crippen LogP contribution is 2.08. The van der Waals surface area contributed by atoms with E-state index in [4.69, 9.17) is 16.3 Å². The van der Waals surface area contributed by atoms with E-state index >= 15 is 0 Å². The van der Waals surface area contributed by atoms with Crippen molar-refractivity contribution >= 4 is 11.6 Å². The number of alkyl halides is 1. The zero-order valence-corrected chi connectivity index (χ0v) is 6.40. The summed E-state index contributed by atoms with van der Waals surface area (Å²) in [5.41, 5.74) is 0.101. The van der Waals surface area contributed by atoms with Gasteiger partial charge in [0.05, 0.1) is 13.2 Å². The predicted molar refractivity (Wildman–Crippen MR) is 37.7 cm³/mol. The molecule has 2 nitrogen and oxygen atoms in total. The highest BCUT2D eigenvalue weighted by molar-refractivity contribution is 6.20. The predicted octanol–water partition coefficient (Wildman–Crippen LogP) is 0.903. The first-order chi connectivity index (χ1) is 4.34. The molecular formula is C6H12ClNO. The number of nitrogens with zero attached hydrogens (tertiary/aromatic N) is 1. The molecule has 0 N–H and O–H groups in total. The maximum Gasteiger partial charge on any atom is 0.109 e. The lowest BCUT2D eigenvalue weighted by Crippen LogP contribution is -2.41. The topological polar surface area (TPSA) is 12.5 Å². The zero-order valence-electron chi connectivity index (χ0n) is 5.64. The molecule has 0 spiro atoms. The molecule has 1 heterocycles. The summed E-state index contributed by atoms with van der Waals surface area (Å²) in [7, 11) is 0. The molecule has 0 aromatic carbocycles. The maximum absolute atomic E-state index is 5.88. The van der Waals surface area contributed by atoms with Crippen LogP contribution in [0.4, 0.5) is 0 Å². The quantitative estimate of drug-likeness (QED) is 0.406. The first kappa shape index (κ1) is 7.32. The lowest BCUT2D eigenvalue weighted by Gasteiger charge is -2.30. The van der Waals surface area contributed by atoms with Crippen LogP contribution in [-0.2, 0) is 4.74 Å². The standard InChI is InChI=1S/C6H12ClNO/c1-2-8-3-4-9-5-6(8)7/h6H,2-5H2,1H3. The van der Waals surface area contributed by atoms with Crippen molar-refractivity contribution in [2.24, 2.45) is 0 Å². The SMILES string of the molecule is CCN1CCOCC1Cl. The van der Waals surface area contributed by atoms with E-state index in [-0.39, 0.29) is 5.50 Å². The summed E-state index contributed by atoms with van der Waals surface area (Å²) < 4.78 is 5.14. The lowest BCUT2D eigenvalue weighted by atomic mass is 10.4. The van der Waals surface area contributed by atoms with Gasteiger partial charge >= 0.3 is 0 Å². The highest BCUT2D eigenvalue weighted by Gasteiger charge is 2.17. The smallest absolute Gasteiger partial charge is 0.109 e. The fraction of sp³-hybridized carbons (Fsp3) is 1.00. The normalized spacial score (nSPS) is 30.7. The fourth-order valence-corrected chi connectivity index (χ4v) is 1.29. The van der Waals surface area contributed by atoms with Crippen LogP contribution < -0.4 is 0 Å². The van der Waals surface area contributed by atoms with Gasteiger partial charge in [0.25, 0.3) is 0 Å². The van der Waals surface area contributed by atoms with Crippen molar-refractivity contribution < 1.29 is 4.74 Å². The molecular weight excluding hydrogens is 138 g/mol. The first-order valence-corrected chi connectivity index (χ1v) is 3.74. The Morgan fingerprint density at radius 2 is 2.56 bits per heavy atom. The third kappa shape index (κ3) is 1.81. The monoisotopic (exact) mass is 149 g/mol. The second-order valence-electron chi connectivity index (χ2n) is 2.14. The van der Waals surface area contributed by atoms with Crippen molar-refractivity contribution in [1.29, 1.82) is 0 Å². The molecule has 1 aliphatic heterocycles. The van der Waals surface area contributed by atoms with Gasteiger partial charge in [0, 0.05) is 6.54 Å². The Morgan fingerprint density at radius 1 is 1.78 bits per heavy atom. The highest BCUT2D eigenvalue weighted by atomic mass is 35.5. The van der Waals surface area contributed by atoms with Gasteiger partial charge in [-0.15, -0.1) is 11.6 Å². The summed E-state index contributed by atoms with van der Waals surface area (Å²) in [4.78, 5) is 2.20. The van der Waals surface area contributed by atoms with Crippen LogP contribution in [0.5, 0.6) is 0 Å². The summed E-state index contributed by atoms with van der Waals surface area (Å²) in [6.45, 7) is 5.62. The van der Waals surface area contributed by atoms with Crippen molar-refractivity contribution in [2.45, 2.75) is 12.4 Å². The third-order valence-corrected chi connectivity index (χ3v) is 1.98. The van der Waals surface area contributed by atoms with Gasteiger partial charge in [-0.25, -0.2) is 0 Å². The second-order valence-corrected chi connectivity index (χ2v) is 2.64. The molecule has 0 aliphatic carbocycles. The van der Waals surface area contributed by atoms with Gasteiger partial charge in [-0.1, -0.05) is 6.92 Å². The van der Waals surface area contributed by atoms with Crippen LogP contribution in [0.25, 0.3) is 0 Å². The van der Waals surface area contributed by atoms with Crippen molar-refractivity contribution in [3.05, 3.63) is 0 Å². The van der Waals surface area contributed by atoms with Crippen molar-refractivity contribution in [3.8, 4) is 0 Å². The number of hydrogen-bond acceptors (Lipinski definition) is 2. The van der Waals surface area contributed by atoms with Crippen LogP contribution in [0.3, 0.4) is 0 Å². The fourth-order valence-electron chi connectivity index (χ4n) is 0.964. The summed E-state index contributed by atoms with van der Waals surface area (Å²) >= 11 is 5.88. The first-order valence-electron chi connectivity index (χ1n) is 3.30. The van der Waals surface area contributed by atoms with Crippen LogP contribution in [0.2, 0.25) is 0 Å². The van der Waals surface area contributed by atoms with Crippen molar-refractivity contribution in [3.63, 3.8) is 0 Å². The largest absolute Gasteiger partial charge is 0.377 e. The molecule has 0 radical (unpaired) electrons. The number of morpholine rings is 1. The molecule has 3 heteroatoms. The van der Waals surface area contributed by atoms with E-state index in [2.05, 4.69) is 11.8 Å². The second kappa shape index (κ2) is 3.40. The molecule has 1 aliphatic rings. The Morgan fingerprint density at radius 3 is 3.00 bits per heavy atom. The summed E-state index contributed by atoms with van der Waals surface area (Å²) in [5, 5.41) is 0. The van der Waals surface area contributed by atoms with E-state index in [0.29, 0.717) is 6.61 Å². The maximum atomic E-state index is 5.88. The zero-order chi connectivity index (χ0) is 6.69. The van der Waals surface area contributed by atoms with Crippen molar-refractivity contribution in [2.75, 3.05) is 26.3 Å². The Bertz CT molecular complexity index is 89.1. The summed E-state index contributed by atoms with van der Waals surface area (Å²) in [6.07, 6.45) is 0. The van der Waals surface area contributed by atoms with Crippen LogP contribution in [-0.4, -0.2) is 36.7 Å². The number of ether oxygens (including phenoxy) is 1. The average Bonchev–Trinajstić information content (AvgIpc) is 1.89. The molecule has 0 amide bonds. The van der Waals surface area contributed by atoms with E-state index in [1.54, 1.807) is 0 Å². The number of hydrogen-bond donors (Lipinski definition) is 0. The van der Waals surface area contributed by atoms with Gasteiger partial charge in [0.1, 0.15) is 5.50 Å². The Kier molecular flexibility index (Phi) is 2.76. The Hall–Kier alpha value is 0.210. The molecule has 0 bridgehead atoms.